The van der Waals surface area contributed by atoms with Crippen LogP contribution in [0.4, 0.5) is 0 Å². The maximum absolute atomic E-state index is 5.85. The van der Waals surface area contributed by atoms with Crippen LogP contribution < -0.4 is 0 Å². The zero-order valence-corrected chi connectivity index (χ0v) is 12.1. The summed E-state index contributed by atoms with van der Waals surface area (Å²) in [5.74, 6) is 1.83. The molecule has 2 aliphatic heterocycles. The van der Waals surface area contributed by atoms with Crippen molar-refractivity contribution in [3.8, 4) is 0 Å². The Morgan fingerprint density at radius 2 is 2.00 bits per heavy atom. The van der Waals surface area contributed by atoms with Gasteiger partial charge in [0.05, 0.1) is 25.1 Å². The van der Waals surface area contributed by atoms with Gasteiger partial charge in [-0.25, -0.2) is 0 Å². The Balaban J connectivity index is 1.76. The van der Waals surface area contributed by atoms with Gasteiger partial charge in [-0.2, -0.15) is 0 Å². The van der Waals surface area contributed by atoms with Gasteiger partial charge in [-0.05, 0) is 37.2 Å². The normalized spacial score (nSPS) is 34.2. The van der Waals surface area contributed by atoms with Crippen molar-refractivity contribution in [2.45, 2.75) is 52.7 Å². The Kier molecular flexibility index (Phi) is 4.50. The van der Waals surface area contributed by atoms with Crippen LogP contribution in [0.2, 0.25) is 0 Å². The summed E-state index contributed by atoms with van der Waals surface area (Å²) in [4.78, 5) is 0. The number of hydrogen-bond donors (Lipinski definition) is 0. The lowest BCUT2D eigenvalue weighted by atomic mass is 9.86. The fourth-order valence-electron chi connectivity index (χ4n) is 2.88. The highest BCUT2D eigenvalue weighted by Gasteiger charge is 2.25. The van der Waals surface area contributed by atoms with Gasteiger partial charge in [0.15, 0.2) is 0 Å². The molecule has 0 bridgehead atoms. The van der Waals surface area contributed by atoms with Crippen LogP contribution in [0.15, 0.2) is 24.0 Å². The fraction of sp³-hybridized carbons (Fsp3) is 0.750. The molecule has 102 valence electrons. The van der Waals surface area contributed by atoms with Crippen molar-refractivity contribution < 1.29 is 9.47 Å². The molecule has 2 rings (SSSR count). The van der Waals surface area contributed by atoms with E-state index in [0.29, 0.717) is 30.0 Å². The highest BCUT2D eigenvalue weighted by Crippen LogP contribution is 2.31. The van der Waals surface area contributed by atoms with E-state index in [1.807, 2.05) is 6.26 Å². The molecule has 0 radical (unpaired) electrons. The number of hydrogen-bond acceptors (Lipinski definition) is 2. The van der Waals surface area contributed by atoms with Crippen molar-refractivity contribution in [2.24, 2.45) is 17.8 Å². The van der Waals surface area contributed by atoms with E-state index in [1.54, 1.807) is 0 Å². The smallest absolute Gasteiger partial charge is 0.0937 e. The monoisotopic (exact) mass is 250 g/mol. The van der Waals surface area contributed by atoms with E-state index >= 15 is 0 Å². The van der Waals surface area contributed by atoms with Gasteiger partial charge in [-0.1, -0.05) is 32.9 Å². The Bertz CT molecular complexity index is 332. The van der Waals surface area contributed by atoms with Gasteiger partial charge >= 0.3 is 0 Å². The van der Waals surface area contributed by atoms with Crippen LogP contribution in [0.3, 0.4) is 0 Å². The van der Waals surface area contributed by atoms with Gasteiger partial charge in [0.2, 0.25) is 0 Å². The molecule has 5 atom stereocenters. The lowest BCUT2D eigenvalue weighted by molar-refractivity contribution is 0.0360. The largest absolute Gasteiger partial charge is 0.501 e. The summed E-state index contributed by atoms with van der Waals surface area (Å²) in [7, 11) is 0. The first-order chi connectivity index (χ1) is 8.58. The third kappa shape index (κ3) is 3.17. The molecule has 0 N–H and O–H groups in total. The summed E-state index contributed by atoms with van der Waals surface area (Å²) >= 11 is 0. The molecule has 0 aromatic carbocycles. The summed E-state index contributed by atoms with van der Waals surface area (Å²) in [6, 6.07) is 0. The van der Waals surface area contributed by atoms with Crippen molar-refractivity contribution in [1.29, 1.82) is 0 Å². The highest BCUT2D eigenvalue weighted by atomic mass is 16.5. The highest BCUT2D eigenvalue weighted by molar-refractivity contribution is 5.10. The van der Waals surface area contributed by atoms with Crippen molar-refractivity contribution in [1.82, 2.24) is 0 Å². The van der Waals surface area contributed by atoms with E-state index in [0.717, 1.165) is 6.61 Å². The second-order valence-corrected chi connectivity index (χ2v) is 6.00. The lowest BCUT2D eigenvalue weighted by Crippen LogP contribution is -2.19. The second-order valence-electron chi connectivity index (χ2n) is 6.00. The van der Waals surface area contributed by atoms with Crippen LogP contribution in [-0.4, -0.2) is 18.8 Å². The molecular formula is C16H26O2. The van der Waals surface area contributed by atoms with E-state index in [9.17, 15) is 0 Å². The van der Waals surface area contributed by atoms with Crippen molar-refractivity contribution >= 4 is 0 Å². The Morgan fingerprint density at radius 3 is 2.56 bits per heavy atom. The molecule has 0 aromatic heterocycles. The first-order valence-corrected chi connectivity index (χ1v) is 7.23. The summed E-state index contributed by atoms with van der Waals surface area (Å²) in [6.07, 6.45) is 9.42. The topological polar surface area (TPSA) is 18.5 Å². The first-order valence-electron chi connectivity index (χ1n) is 7.23. The predicted octanol–water partition coefficient (Wildman–Crippen LogP) is 3.93. The van der Waals surface area contributed by atoms with Crippen molar-refractivity contribution in [2.75, 3.05) is 6.61 Å². The molecule has 18 heavy (non-hydrogen) atoms. The molecule has 2 heteroatoms. The standard InChI is InChI=1S/C16H26O2/c1-11(15-10-17-9-13(15)3)5-6-12(2)16-8-7-14(4)18-16/h7-8,10-14,16H,5-6,9H2,1-4H3/t11?,12?,13-,14?,16?/m0/s1. The Morgan fingerprint density at radius 1 is 1.22 bits per heavy atom. The second kappa shape index (κ2) is 5.92. The molecular weight excluding hydrogens is 224 g/mol. The van der Waals surface area contributed by atoms with Crippen molar-refractivity contribution in [3.63, 3.8) is 0 Å². The van der Waals surface area contributed by atoms with Crippen LogP contribution in [0, 0.1) is 17.8 Å². The lowest BCUT2D eigenvalue weighted by Gasteiger charge is -2.22. The third-order valence-corrected chi connectivity index (χ3v) is 4.26. The van der Waals surface area contributed by atoms with Crippen LogP contribution >= 0.6 is 0 Å². The van der Waals surface area contributed by atoms with Crippen LogP contribution in [0.1, 0.15) is 40.5 Å². The van der Waals surface area contributed by atoms with E-state index in [-0.39, 0.29) is 0 Å². The number of rotatable bonds is 5. The maximum atomic E-state index is 5.85. The molecule has 0 fully saturated rings. The minimum absolute atomic E-state index is 0.292. The summed E-state index contributed by atoms with van der Waals surface area (Å²) in [5, 5.41) is 0. The van der Waals surface area contributed by atoms with Gasteiger partial charge in [-0.3, -0.25) is 0 Å². The molecule has 0 saturated heterocycles. The van der Waals surface area contributed by atoms with E-state index in [2.05, 4.69) is 39.8 Å². The van der Waals surface area contributed by atoms with Crippen LogP contribution in [0.5, 0.6) is 0 Å². The molecule has 0 spiro atoms. The summed E-state index contributed by atoms with van der Waals surface area (Å²) < 4.78 is 11.3. The molecule has 0 amide bonds. The zero-order chi connectivity index (χ0) is 13.1. The SMILES string of the molecule is CC1C=CC(C(C)CCC(C)C2=COC[C@@H]2C)O1. The van der Waals surface area contributed by atoms with Gasteiger partial charge < -0.3 is 9.47 Å². The van der Waals surface area contributed by atoms with Gasteiger partial charge in [0.1, 0.15) is 0 Å². The minimum atomic E-state index is 0.292. The predicted molar refractivity (Wildman–Crippen MR) is 74.2 cm³/mol. The van der Waals surface area contributed by atoms with Crippen molar-refractivity contribution in [3.05, 3.63) is 24.0 Å². The third-order valence-electron chi connectivity index (χ3n) is 4.26. The van der Waals surface area contributed by atoms with Gasteiger partial charge in [0.25, 0.3) is 0 Å². The average Bonchev–Trinajstić information content (AvgIpc) is 2.94. The molecule has 0 aliphatic carbocycles. The summed E-state index contributed by atoms with van der Waals surface area (Å²) in [6.45, 7) is 9.83. The maximum Gasteiger partial charge on any atom is 0.0937 e. The minimum Gasteiger partial charge on any atom is -0.501 e. The van der Waals surface area contributed by atoms with Crippen LogP contribution in [0.25, 0.3) is 0 Å². The van der Waals surface area contributed by atoms with E-state index in [4.69, 9.17) is 9.47 Å². The van der Waals surface area contributed by atoms with Gasteiger partial charge in [-0.15, -0.1) is 0 Å². The van der Waals surface area contributed by atoms with E-state index < -0.39 is 0 Å². The molecule has 2 nitrogen and oxygen atoms in total. The van der Waals surface area contributed by atoms with E-state index in [1.165, 1.54) is 18.4 Å². The molecule has 0 saturated carbocycles. The first kappa shape index (κ1) is 13.7. The zero-order valence-electron chi connectivity index (χ0n) is 12.1. The van der Waals surface area contributed by atoms with Crippen LogP contribution in [-0.2, 0) is 9.47 Å². The van der Waals surface area contributed by atoms with Gasteiger partial charge in [0, 0.05) is 5.92 Å². The quantitative estimate of drug-likeness (QED) is 0.688. The Labute approximate surface area is 111 Å². The summed E-state index contributed by atoms with van der Waals surface area (Å²) in [5.41, 5.74) is 1.48. The average molecular weight is 250 g/mol. The molecule has 2 heterocycles. The Hall–Kier alpha value is -0.760. The molecule has 0 aromatic rings. The fourth-order valence-corrected chi connectivity index (χ4v) is 2.88. The molecule has 2 aliphatic rings. The number of ether oxygens (including phenoxy) is 2. The molecule has 4 unspecified atom stereocenters.